The summed E-state index contributed by atoms with van der Waals surface area (Å²) in [5.41, 5.74) is 0. The second-order valence-corrected chi connectivity index (χ2v) is 3.18. The van der Waals surface area contributed by atoms with Gasteiger partial charge in [0.2, 0.25) is 0 Å². The van der Waals surface area contributed by atoms with E-state index in [1.807, 2.05) is 0 Å². The SMILES string of the molecule is FCCCCCCCCP. The first-order chi connectivity index (χ1) is 4.91. The van der Waals surface area contributed by atoms with E-state index in [1.54, 1.807) is 0 Å². The van der Waals surface area contributed by atoms with Crippen molar-refractivity contribution in [2.75, 3.05) is 12.8 Å². The van der Waals surface area contributed by atoms with Crippen LogP contribution in [0.4, 0.5) is 4.39 Å². The van der Waals surface area contributed by atoms with Gasteiger partial charge in [0, 0.05) is 0 Å². The topological polar surface area (TPSA) is 0 Å². The van der Waals surface area contributed by atoms with E-state index in [1.165, 1.54) is 31.8 Å². The predicted octanol–water partition coefficient (Wildman–Crippen LogP) is 3.17. The lowest BCUT2D eigenvalue weighted by Gasteiger charge is -1.96. The molecule has 0 heterocycles. The highest BCUT2D eigenvalue weighted by atomic mass is 31.0. The molecule has 10 heavy (non-hydrogen) atoms. The van der Waals surface area contributed by atoms with Crippen LogP contribution in [0, 0.1) is 0 Å². The van der Waals surface area contributed by atoms with E-state index in [-0.39, 0.29) is 6.67 Å². The van der Waals surface area contributed by atoms with Gasteiger partial charge in [-0.05, 0) is 19.0 Å². The minimum Gasteiger partial charge on any atom is -0.251 e. The van der Waals surface area contributed by atoms with Gasteiger partial charge in [0.25, 0.3) is 0 Å². The first-order valence-corrected chi connectivity index (χ1v) is 4.99. The summed E-state index contributed by atoms with van der Waals surface area (Å²) < 4.78 is 11.6. The highest BCUT2D eigenvalue weighted by molar-refractivity contribution is 7.16. The Hall–Kier alpha value is 0.360. The maximum absolute atomic E-state index is 11.6. The molecule has 0 aromatic heterocycles. The molecule has 0 N–H and O–H groups in total. The summed E-state index contributed by atoms with van der Waals surface area (Å²) in [6, 6.07) is 0. The number of unbranched alkanes of at least 4 members (excludes halogenated alkanes) is 5. The molecule has 0 bridgehead atoms. The lowest BCUT2D eigenvalue weighted by atomic mass is 10.1. The monoisotopic (exact) mass is 164 g/mol. The summed E-state index contributed by atoms with van der Waals surface area (Å²) in [4.78, 5) is 0. The van der Waals surface area contributed by atoms with Crippen molar-refractivity contribution in [3.8, 4) is 0 Å². The number of rotatable bonds is 7. The van der Waals surface area contributed by atoms with Crippen LogP contribution in [-0.4, -0.2) is 12.8 Å². The molecular weight excluding hydrogens is 146 g/mol. The highest BCUT2D eigenvalue weighted by Crippen LogP contribution is 2.06. The summed E-state index contributed by atoms with van der Waals surface area (Å²) in [6.45, 7) is -0.135. The molecule has 2 heteroatoms. The van der Waals surface area contributed by atoms with Gasteiger partial charge in [0.1, 0.15) is 0 Å². The lowest BCUT2D eigenvalue weighted by molar-refractivity contribution is 0.451. The summed E-state index contributed by atoms with van der Waals surface area (Å²) in [6.07, 6.45) is 8.18. The molecular formula is C8H18FP. The molecule has 0 rings (SSSR count). The molecule has 1 unspecified atom stereocenters. The van der Waals surface area contributed by atoms with Crippen LogP contribution in [0.5, 0.6) is 0 Å². The third-order valence-corrected chi connectivity index (χ3v) is 2.00. The van der Waals surface area contributed by atoms with Crippen LogP contribution in [-0.2, 0) is 0 Å². The van der Waals surface area contributed by atoms with Crippen LogP contribution in [0.1, 0.15) is 38.5 Å². The fourth-order valence-electron chi connectivity index (χ4n) is 0.946. The molecule has 0 fully saturated rings. The Labute approximate surface area is 65.8 Å². The van der Waals surface area contributed by atoms with Crippen LogP contribution in [0.3, 0.4) is 0 Å². The van der Waals surface area contributed by atoms with Crippen molar-refractivity contribution in [3.05, 3.63) is 0 Å². The van der Waals surface area contributed by atoms with Gasteiger partial charge in [-0.2, -0.15) is 0 Å². The van der Waals surface area contributed by atoms with E-state index in [0.717, 1.165) is 12.8 Å². The van der Waals surface area contributed by atoms with E-state index in [4.69, 9.17) is 0 Å². The third kappa shape index (κ3) is 8.36. The number of halogens is 1. The van der Waals surface area contributed by atoms with E-state index in [2.05, 4.69) is 9.24 Å². The van der Waals surface area contributed by atoms with E-state index in [9.17, 15) is 4.39 Å². The highest BCUT2D eigenvalue weighted by Gasteiger charge is 1.88. The van der Waals surface area contributed by atoms with Crippen LogP contribution < -0.4 is 0 Å². The summed E-state index contributed by atoms with van der Waals surface area (Å²) in [5.74, 6) is 0. The third-order valence-electron chi connectivity index (χ3n) is 1.59. The van der Waals surface area contributed by atoms with Crippen molar-refractivity contribution < 1.29 is 4.39 Å². The van der Waals surface area contributed by atoms with Crippen molar-refractivity contribution in [1.82, 2.24) is 0 Å². The van der Waals surface area contributed by atoms with Crippen LogP contribution in [0.2, 0.25) is 0 Å². The van der Waals surface area contributed by atoms with Gasteiger partial charge in [-0.15, -0.1) is 9.24 Å². The molecule has 0 aliphatic heterocycles. The van der Waals surface area contributed by atoms with Gasteiger partial charge in [0.15, 0.2) is 0 Å². The number of hydrogen-bond acceptors (Lipinski definition) is 0. The minimum absolute atomic E-state index is 0.135. The quantitative estimate of drug-likeness (QED) is 0.400. The molecule has 0 saturated heterocycles. The summed E-state index contributed by atoms with van der Waals surface area (Å²) in [7, 11) is 2.73. The predicted molar refractivity (Wildman–Crippen MR) is 48.3 cm³/mol. The lowest BCUT2D eigenvalue weighted by Crippen LogP contribution is -1.81. The molecule has 1 atom stereocenters. The van der Waals surface area contributed by atoms with E-state index >= 15 is 0 Å². The molecule has 62 valence electrons. The molecule has 0 amide bonds. The molecule has 0 saturated carbocycles. The largest absolute Gasteiger partial charge is 0.251 e. The van der Waals surface area contributed by atoms with Crippen LogP contribution in [0.25, 0.3) is 0 Å². The Morgan fingerprint density at radius 2 is 1.30 bits per heavy atom. The van der Waals surface area contributed by atoms with Crippen molar-refractivity contribution in [2.45, 2.75) is 38.5 Å². The zero-order chi connectivity index (χ0) is 7.66. The fourth-order valence-corrected chi connectivity index (χ4v) is 1.23. The first kappa shape index (κ1) is 10.4. The molecule has 0 aliphatic rings. The molecule has 0 aromatic carbocycles. The average Bonchev–Trinajstić information content (AvgIpc) is 1.97. The summed E-state index contributed by atoms with van der Waals surface area (Å²) >= 11 is 0. The van der Waals surface area contributed by atoms with Crippen molar-refractivity contribution in [1.29, 1.82) is 0 Å². The van der Waals surface area contributed by atoms with Crippen LogP contribution in [0.15, 0.2) is 0 Å². The Morgan fingerprint density at radius 3 is 1.80 bits per heavy atom. The zero-order valence-corrected chi connectivity index (χ0v) is 7.77. The second-order valence-electron chi connectivity index (χ2n) is 2.60. The van der Waals surface area contributed by atoms with Crippen molar-refractivity contribution >= 4 is 9.24 Å². The normalized spacial score (nSPS) is 10.2. The van der Waals surface area contributed by atoms with Gasteiger partial charge in [0.05, 0.1) is 6.67 Å². The molecule has 0 spiro atoms. The van der Waals surface area contributed by atoms with Crippen molar-refractivity contribution in [2.24, 2.45) is 0 Å². The maximum atomic E-state index is 11.6. The maximum Gasteiger partial charge on any atom is 0.0894 e. The minimum atomic E-state index is -0.135. The second kappa shape index (κ2) is 9.36. The fraction of sp³-hybridized carbons (Fsp3) is 1.00. The standard InChI is InChI=1S/C8H18FP/c9-7-5-3-1-2-4-6-8-10/h1-8,10H2. The summed E-state index contributed by atoms with van der Waals surface area (Å²) in [5, 5.41) is 0. The molecule has 0 radical (unpaired) electrons. The van der Waals surface area contributed by atoms with Gasteiger partial charge < -0.3 is 0 Å². The smallest absolute Gasteiger partial charge is 0.0894 e. The number of hydrogen-bond donors (Lipinski definition) is 0. The number of alkyl halides is 1. The molecule has 0 nitrogen and oxygen atoms in total. The van der Waals surface area contributed by atoms with Gasteiger partial charge >= 0.3 is 0 Å². The van der Waals surface area contributed by atoms with E-state index < -0.39 is 0 Å². The van der Waals surface area contributed by atoms with E-state index in [0.29, 0.717) is 0 Å². The Morgan fingerprint density at radius 1 is 0.800 bits per heavy atom. The Bertz CT molecular complexity index is 49.2. The Kier molecular flexibility index (Phi) is 9.70. The van der Waals surface area contributed by atoms with Crippen LogP contribution >= 0.6 is 9.24 Å². The van der Waals surface area contributed by atoms with Crippen molar-refractivity contribution in [3.63, 3.8) is 0 Å². The average molecular weight is 164 g/mol. The Balaban J connectivity index is 2.65. The molecule has 0 aliphatic carbocycles. The zero-order valence-electron chi connectivity index (χ0n) is 6.61. The molecule has 0 aromatic rings. The van der Waals surface area contributed by atoms with Gasteiger partial charge in [-0.25, -0.2) is 0 Å². The van der Waals surface area contributed by atoms with Gasteiger partial charge in [-0.3, -0.25) is 4.39 Å². The van der Waals surface area contributed by atoms with Gasteiger partial charge in [-0.1, -0.05) is 25.7 Å². The first-order valence-electron chi connectivity index (χ1n) is 4.18.